The molecule has 0 spiro atoms. The quantitative estimate of drug-likeness (QED) is 0.318. The van der Waals surface area contributed by atoms with Crippen LogP contribution >= 0.6 is 0 Å². The third kappa shape index (κ3) is 14.7. The molecule has 1 unspecified atom stereocenters. The zero-order valence-corrected chi connectivity index (χ0v) is 15.6. The molecule has 2 N–H and O–H groups in total. The number of aliphatic carboxylic acids is 1. The van der Waals surface area contributed by atoms with Crippen molar-refractivity contribution >= 4 is 5.97 Å². The highest BCUT2D eigenvalue weighted by Gasteiger charge is 2.28. The zero-order valence-electron chi connectivity index (χ0n) is 15.6. The molecule has 3 heteroatoms. The van der Waals surface area contributed by atoms with Crippen LogP contribution in [0.3, 0.4) is 0 Å². The second-order valence-electron chi connectivity index (χ2n) is 7.18. The molecule has 0 saturated carbocycles. The monoisotopic (exact) mass is 328 g/mol. The van der Waals surface area contributed by atoms with Crippen molar-refractivity contribution < 1.29 is 15.0 Å². The summed E-state index contributed by atoms with van der Waals surface area (Å²) in [5, 5.41) is 19.7. The number of hydrogen-bond acceptors (Lipinski definition) is 2. The number of unbranched alkanes of at least 4 members (excludes halogenated alkanes) is 11. The molecule has 0 saturated heterocycles. The van der Waals surface area contributed by atoms with Crippen LogP contribution in [0.15, 0.2) is 0 Å². The number of carboxylic acids is 1. The van der Waals surface area contributed by atoms with Gasteiger partial charge in [0.15, 0.2) is 0 Å². The number of aliphatic hydroxyl groups is 1. The highest BCUT2D eigenvalue weighted by molar-refractivity contribution is 5.68. The van der Waals surface area contributed by atoms with Gasteiger partial charge in [-0.2, -0.15) is 0 Å². The van der Waals surface area contributed by atoms with Crippen LogP contribution in [0.5, 0.6) is 0 Å². The SMILES string of the molecule is CCCCCCCCCC(O)(CCCCCCCC)CC(=O)O. The first kappa shape index (κ1) is 22.4. The van der Waals surface area contributed by atoms with Gasteiger partial charge < -0.3 is 10.2 Å². The van der Waals surface area contributed by atoms with Crippen LogP contribution in [-0.4, -0.2) is 21.8 Å². The van der Waals surface area contributed by atoms with Crippen LogP contribution in [-0.2, 0) is 4.79 Å². The van der Waals surface area contributed by atoms with E-state index in [9.17, 15) is 9.90 Å². The van der Waals surface area contributed by atoms with E-state index in [1.165, 1.54) is 57.8 Å². The Morgan fingerprint density at radius 2 is 1.04 bits per heavy atom. The summed E-state index contributed by atoms with van der Waals surface area (Å²) in [6, 6.07) is 0. The molecule has 0 rings (SSSR count). The third-order valence-corrected chi connectivity index (χ3v) is 4.72. The van der Waals surface area contributed by atoms with E-state index in [4.69, 9.17) is 5.11 Å². The standard InChI is InChI=1S/C20H40O3/c1-3-5-7-9-11-13-15-17-20(23,18-19(21)22)16-14-12-10-8-6-4-2/h23H,3-18H2,1-2H3,(H,21,22). The fraction of sp³-hybridized carbons (Fsp3) is 0.950. The largest absolute Gasteiger partial charge is 0.481 e. The maximum absolute atomic E-state index is 11.0. The first-order valence-electron chi connectivity index (χ1n) is 9.98. The molecule has 0 aliphatic heterocycles. The Bertz CT molecular complexity index is 278. The van der Waals surface area contributed by atoms with Crippen molar-refractivity contribution in [3.63, 3.8) is 0 Å². The molecule has 138 valence electrons. The van der Waals surface area contributed by atoms with Gasteiger partial charge in [0.1, 0.15) is 0 Å². The van der Waals surface area contributed by atoms with E-state index in [-0.39, 0.29) is 6.42 Å². The summed E-state index contributed by atoms with van der Waals surface area (Å²) in [7, 11) is 0. The lowest BCUT2D eigenvalue weighted by atomic mass is 9.87. The molecule has 0 amide bonds. The minimum Gasteiger partial charge on any atom is -0.481 e. The van der Waals surface area contributed by atoms with Crippen molar-refractivity contribution in [2.45, 2.75) is 122 Å². The highest BCUT2D eigenvalue weighted by Crippen LogP contribution is 2.26. The minimum absolute atomic E-state index is 0.0994. The predicted octanol–water partition coefficient (Wildman–Crippen LogP) is 6.08. The van der Waals surface area contributed by atoms with Gasteiger partial charge in [0.2, 0.25) is 0 Å². The van der Waals surface area contributed by atoms with Gasteiger partial charge in [0.25, 0.3) is 0 Å². The second kappa shape index (κ2) is 15.0. The molecule has 1 atom stereocenters. The first-order chi connectivity index (χ1) is 11.0. The van der Waals surface area contributed by atoms with Crippen LogP contribution in [0.1, 0.15) is 117 Å². The molecule has 0 aromatic carbocycles. The molecular weight excluding hydrogens is 288 g/mol. The Morgan fingerprint density at radius 3 is 1.39 bits per heavy atom. The van der Waals surface area contributed by atoms with Crippen molar-refractivity contribution in [2.75, 3.05) is 0 Å². The van der Waals surface area contributed by atoms with E-state index in [1.807, 2.05) is 0 Å². The van der Waals surface area contributed by atoms with Crippen molar-refractivity contribution in [1.82, 2.24) is 0 Å². The maximum Gasteiger partial charge on any atom is 0.306 e. The van der Waals surface area contributed by atoms with Crippen molar-refractivity contribution in [3.8, 4) is 0 Å². The number of hydrogen-bond donors (Lipinski definition) is 2. The van der Waals surface area contributed by atoms with Gasteiger partial charge in [-0.15, -0.1) is 0 Å². The Labute approximate surface area is 143 Å². The van der Waals surface area contributed by atoms with E-state index in [2.05, 4.69) is 13.8 Å². The summed E-state index contributed by atoms with van der Waals surface area (Å²) in [5.74, 6) is -0.874. The summed E-state index contributed by atoms with van der Waals surface area (Å²) in [6.07, 6.45) is 16.6. The van der Waals surface area contributed by atoms with Gasteiger partial charge in [-0.3, -0.25) is 4.79 Å². The van der Waals surface area contributed by atoms with Gasteiger partial charge in [-0.1, -0.05) is 97.3 Å². The van der Waals surface area contributed by atoms with E-state index in [0.717, 1.165) is 25.7 Å². The predicted molar refractivity (Wildman–Crippen MR) is 97.8 cm³/mol. The molecule has 0 aromatic heterocycles. The number of carboxylic acid groups (broad SMARTS) is 1. The van der Waals surface area contributed by atoms with Gasteiger partial charge >= 0.3 is 5.97 Å². The molecule has 0 aromatic rings. The Balaban J connectivity index is 3.90. The Morgan fingerprint density at radius 1 is 0.696 bits per heavy atom. The maximum atomic E-state index is 11.0. The molecule has 0 aliphatic carbocycles. The van der Waals surface area contributed by atoms with Crippen LogP contribution < -0.4 is 0 Å². The lowest BCUT2D eigenvalue weighted by Crippen LogP contribution is -2.31. The molecular formula is C20H40O3. The van der Waals surface area contributed by atoms with E-state index >= 15 is 0 Å². The minimum atomic E-state index is -0.986. The molecule has 3 nitrogen and oxygen atoms in total. The highest BCUT2D eigenvalue weighted by atomic mass is 16.4. The van der Waals surface area contributed by atoms with Crippen LogP contribution in [0.25, 0.3) is 0 Å². The molecule has 0 aliphatic rings. The number of rotatable bonds is 17. The Kier molecular flexibility index (Phi) is 14.6. The normalized spacial score (nSPS) is 13.9. The molecule has 23 heavy (non-hydrogen) atoms. The molecule has 0 heterocycles. The zero-order chi connectivity index (χ0) is 17.4. The summed E-state index contributed by atoms with van der Waals surface area (Å²) < 4.78 is 0. The molecule has 0 fully saturated rings. The summed E-state index contributed by atoms with van der Waals surface area (Å²) >= 11 is 0. The van der Waals surface area contributed by atoms with Gasteiger partial charge in [-0.25, -0.2) is 0 Å². The van der Waals surface area contributed by atoms with Crippen molar-refractivity contribution in [2.24, 2.45) is 0 Å². The number of carbonyl (C=O) groups is 1. The van der Waals surface area contributed by atoms with Crippen LogP contribution in [0.4, 0.5) is 0 Å². The van der Waals surface area contributed by atoms with E-state index in [0.29, 0.717) is 12.8 Å². The smallest absolute Gasteiger partial charge is 0.306 e. The van der Waals surface area contributed by atoms with Gasteiger partial charge in [-0.05, 0) is 12.8 Å². The third-order valence-electron chi connectivity index (χ3n) is 4.72. The summed E-state index contributed by atoms with van der Waals surface area (Å²) in [6.45, 7) is 4.42. The fourth-order valence-corrected chi connectivity index (χ4v) is 3.23. The molecule has 0 bridgehead atoms. The van der Waals surface area contributed by atoms with Crippen molar-refractivity contribution in [3.05, 3.63) is 0 Å². The summed E-state index contributed by atoms with van der Waals surface area (Å²) in [5.41, 5.74) is -0.986. The van der Waals surface area contributed by atoms with Crippen molar-refractivity contribution in [1.29, 1.82) is 0 Å². The van der Waals surface area contributed by atoms with Gasteiger partial charge in [0, 0.05) is 0 Å². The summed E-state index contributed by atoms with van der Waals surface area (Å²) in [4.78, 5) is 11.0. The first-order valence-corrected chi connectivity index (χ1v) is 9.98. The topological polar surface area (TPSA) is 57.5 Å². The van der Waals surface area contributed by atoms with E-state index in [1.54, 1.807) is 0 Å². The molecule has 0 radical (unpaired) electrons. The second-order valence-corrected chi connectivity index (χ2v) is 7.18. The Hall–Kier alpha value is -0.570. The van der Waals surface area contributed by atoms with E-state index < -0.39 is 11.6 Å². The van der Waals surface area contributed by atoms with Gasteiger partial charge in [0.05, 0.1) is 12.0 Å². The lowest BCUT2D eigenvalue weighted by Gasteiger charge is -2.26. The average molecular weight is 329 g/mol. The lowest BCUT2D eigenvalue weighted by molar-refractivity contribution is -0.143. The van der Waals surface area contributed by atoms with Crippen LogP contribution in [0.2, 0.25) is 0 Å². The fourth-order valence-electron chi connectivity index (χ4n) is 3.23. The van der Waals surface area contributed by atoms with Crippen LogP contribution in [0, 0.1) is 0 Å². The average Bonchev–Trinajstić information content (AvgIpc) is 2.49.